The van der Waals surface area contributed by atoms with Crippen molar-refractivity contribution in [3.05, 3.63) is 47.5 Å². The summed E-state index contributed by atoms with van der Waals surface area (Å²) in [6.07, 6.45) is 3.32. The van der Waals surface area contributed by atoms with Gasteiger partial charge in [0.1, 0.15) is 0 Å². The van der Waals surface area contributed by atoms with Gasteiger partial charge in [-0.2, -0.15) is 0 Å². The van der Waals surface area contributed by atoms with E-state index in [4.69, 9.17) is 0 Å². The molecule has 84 valence electrons. The summed E-state index contributed by atoms with van der Waals surface area (Å²) >= 11 is 0. The summed E-state index contributed by atoms with van der Waals surface area (Å²) in [5, 5.41) is 0. The molecule has 1 aromatic rings. The molecule has 0 saturated carbocycles. The molecule has 0 aromatic heterocycles. The van der Waals surface area contributed by atoms with E-state index >= 15 is 0 Å². The second-order valence-corrected chi connectivity index (χ2v) is 3.86. The fraction of sp³-hybridized carbons (Fsp3) is 0.308. The third kappa shape index (κ3) is 2.49. The van der Waals surface area contributed by atoms with Crippen LogP contribution >= 0.6 is 0 Å². The van der Waals surface area contributed by atoms with Crippen molar-refractivity contribution in [2.45, 2.75) is 13.1 Å². The summed E-state index contributed by atoms with van der Waals surface area (Å²) in [5.41, 5.74) is 2.77. The first-order valence-electron chi connectivity index (χ1n) is 5.33. The average Bonchev–Trinajstić information content (AvgIpc) is 2.71. The molecule has 0 unspecified atom stereocenters. The topological polar surface area (TPSA) is 29.5 Å². The predicted molar refractivity (Wildman–Crippen MR) is 61.7 cm³/mol. The normalized spacial score (nSPS) is 15.3. The Balaban J connectivity index is 1.88. The number of methoxy groups -OCH3 is 1. The minimum Gasteiger partial charge on any atom is -0.466 e. The average molecular weight is 217 g/mol. The van der Waals surface area contributed by atoms with Gasteiger partial charge >= 0.3 is 5.97 Å². The summed E-state index contributed by atoms with van der Waals surface area (Å²) in [4.78, 5) is 13.2. The molecule has 0 spiro atoms. The molecular formula is C13H15NO2. The first kappa shape index (κ1) is 10.9. The van der Waals surface area contributed by atoms with E-state index in [1.807, 2.05) is 6.08 Å². The highest BCUT2D eigenvalue weighted by molar-refractivity contribution is 5.81. The molecule has 0 radical (unpaired) electrons. The molecule has 16 heavy (non-hydrogen) atoms. The van der Waals surface area contributed by atoms with Gasteiger partial charge in [0.05, 0.1) is 7.11 Å². The Morgan fingerprint density at radius 1 is 1.38 bits per heavy atom. The monoisotopic (exact) mass is 217 g/mol. The van der Waals surface area contributed by atoms with Gasteiger partial charge in [-0.15, -0.1) is 0 Å². The van der Waals surface area contributed by atoms with Crippen LogP contribution in [0.5, 0.6) is 0 Å². The van der Waals surface area contributed by atoms with Crippen molar-refractivity contribution in [3.63, 3.8) is 0 Å². The number of ether oxygens (including phenoxy) is 1. The van der Waals surface area contributed by atoms with Crippen molar-refractivity contribution in [1.29, 1.82) is 0 Å². The summed E-state index contributed by atoms with van der Waals surface area (Å²) in [7, 11) is 1.39. The predicted octanol–water partition coefficient (Wildman–Crippen LogP) is 1.73. The first-order chi connectivity index (χ1) is 7.79. The van der Waals surface area contributed by atoms with E-state index in [1.54, 1.807) is 0 Å². The Morgan fingerprint density at radius 3 is 2.56 bits per heavy atom. The minimum absolute atomic E-state index is 0.295. The molecule has 0 aliphatic carbocycles. The number of fused-ring (bicyclic) bond motifs is 1. The van der Waals surface area contributed by atoms with E-state index in [9.17, 15) is 4.79 Å². The summed E-state index contributed by atoms with van der Waals surface area (Å²) in [6, 6.07) is 8.43. The van der Waals surface area contributed by atoms with Crippen molar-refractivity contribution in [1.82, 2.24) is 4.90 Å². The maximum Gasteiger partial charge on any atom is 0.330 e. The van der Waals surface area contributed by atoms with E-state index in [0.717, 1.165) is 19.6 Å². The van der Waals surface area contributed by atoms with Gasteiger partial charge in [0.25, 0.3) is 0 Å². The Hall–Kier alpha value is -1.61. The Bertz CT molecular complexity index is 387. The highest BCUT2D eigenvalue weighted by Crippen LogP contribution is 2.21. The first-order valence-corrected chi connectivity index (χ1v) is 5.33. The zero-order chi connectivity index (χ0) is 11.4. The molecule has 3 heteroatoms. The lowest BCUT2D eigenvalue weighted by Gasteiger charge is -2.10. The number of nitrogens with zero attached hydrogens (tertiary/aromatic N) is 1. The van der Waals surface area contributed by atoms with E-state index in [1.165, 1.54) is 24.3 Å². The molecule has 2 rings (SSSR count). The molecule has 1 heterocycles. The van der Waals surface area contributed by atoms with Crippen LogP contribution in [-0.4, -0.2) is 24.5 Å². The van der Waals surface area contributed by atoms with Crippen molar-refractivity contribution < 1.29 is 9.53 Å². The highest BCUT2D eigenvalue weighted by Gasteiger charge is 2.16. The highest BCUT2D eigenvalue weighted by atomic mass is 16.5. The molecule has 1 aliphatic heterocycles. The van der Waals surface area contributed by atoms with Crippen LogP contribution in [0.1, 0.15) is 11.1 Å². The van der Waals surface area contributed by atoms with Crippen LogP contribution < -0.4 is 0 Å². The van der Waals surface area contributed by atoms with E-state index < -0.39 is 0 Å². The molecule has 0 amide bonds. The lowest BCUT2D eigenvalue weighted by molar-refractivity contribution is -0.134. The van der Waals surface area contributed by atoms with Crippen molar-refractivity contribution >= 4 is 5.97 Å². The van der Waals surface area contributed by atoms with Crippen LogP contribution in [0, 0.1) is 0 Å². The molecule has 1 aromatic carbocycles. The summed E-state index contributed by atoms with van der Waals surface area (Å²) in [6.45, 7) is 2.70. The number of benzene rings is 1. The van der Waals surface area contributed by atoms with Gasteiger partial charge < -0.3 is 4.74 Å². The maximum atomic E-state index is 10.9. The second-order valence-electron chi connectivity index (χ2n) is 3.86. The molecule has 0 N–H and O–H groups in total. The Labute approximate surface area is 95.3 Å². The van der Waals surface area contributed by atoms with Crippen LogP contribution in [0.3, 0.4) is 0 Å². The lowest BCUT2D eigenvalue weighted by Crippen LogP contribution is -2.16. The molecule has 0 atom stereocenters. The summed E-state index contributed by atoms with van der Waals surface area (Å²) in [5.74, 6) is -0.295. The van der Waals surface area contributed by atoms with Crippen LogP contribution in [0.2, 0.25) is 0 Å². The molecule has 0 fully saturated rings. The number of esters is 1. The van der Waals surface area contributed by atoms with Crippen molar-refractivity contribution in [2.24, 2.45) is 0 Å². The molecule has 0 saturated heterocycles. The van der Waals surface area contributed by atoms with Crippen molar-refractivity contribution in [2.75, 3.05) is 13.7 Å². The molecular weight excluding hydrogens is 202 g/mol. The smallest absolute Gasteiger partial charge is 0.330 e. The van der Waals surface area contributed by atoms with Crippen molar-refractivity contribution in [3.8, 4) is 0 Å². The fourth-order valence-corrected chi connectivity index (χ4v) is 1.90. The quantitative estimate of drug-likeness (QED) is 0.570. The molecule has 0 bridgehead atoms. The zero-order valence-corrected chi connectivity index (χ0v) is 9.35. The fourth-order valence-electron chi connectivity index (χ4n) is 1.90. The number of hydrogen-bond donors (Lipinski definition) is 0. The SMILES string of the molecule is COC(=O)/C=C/CN1Cc2ccccc2C1. The summed E-state index contributed by atoms with van der Waals surface area (Å²) < 4.78 is 4.53. The third-order valence-corrected chi connectivity index (χ3v) is 2.73. The Kier molecular flexibility index (Phi) is 3.37. The molecule has 3 nitrogen and oxygen atoms in total. The van der Waals surface area contributed by atoms with Gasteiger partial charge in [-0.25, -0.2) is 4.79 Å². The van der Waals surface area contributed by atoms with Gasteiger partial charge in [0.2, 0.25) is 0 Å². The van der Waals surface area contributed by atoms with E-state index in [2.05, 4.69) is 33.9 Å². The number of rotatable bonds is 3. The third-order valence-electron chi connectivity index (χ3n) is 2.73. The van der Waals surface area contributed by atoms with Crippen LogP contribution in [0.15, 0.2) is 36.4 Å². The maximum absolute atomic E-state index is 10.9. The van der Waals surface area contributed by atoms with Gasteiger partial charge in [-0.05, 0) is 11.1 Å². The second kappa shape index (κ2) is 4.94. The van der Waals surface area contributed by atoms with Gasteiger partial charge in [-0.1, -0.05) is 30.3 Å². The lowest BCUT2D eigenvalue weighted by atomic mass is 10.1. The van der Waals surface area contributed by atoms with Gasteiger partial charge in [0, 0.05) is 25.7 Å². The number of carbonyl (C=O) groups excluding carboxylic acids is 1. The number of carbonyl (C=O) groups is 1. The van der Waals surface area contributed by atoms with Gasteiger partial charge in [-0.3, -0.25) is 4.90 Å². The van der Waals surface area contributed by atoms with Crippen LogP contribution in [0.4, 0.5) is 0 Å². The van der Waals surface area contributed by atoms with Gasteiger partial charge in [0.15, 0.2) is 0 Å². The zero-order valence-electron chi connectivity index (χ0n) is 9.35. The standard InChI is InChI=1S/C13H15NO2/c1-16-13(15)7-4-8-14-9-11-5-2-3-6-12(11)10-14/h2-7H,8-10H2,1H3/b7-4+. The minimum atomic E-state index is -0.295. The number of hydrogen-bond acceptors (Lipinski definition) is 3. The van der Waals surface area contributed by atoms with E-state index in [-0.39, 0.29) is 5.97 Å². The largest absolute Gasteiger partial charge is 0.466 e. The van der Waals surface area contributed by atoms with E-state index in [0.29, 0.717) is 0 Å². The van der Waals surface area contributed by atoms with Crippen LogP contribution in [0.25, 0.3) is 0 Å². The molecule has 1 aliphatic rings. The Morgan fingerprint density at radius 2 is 2.00 bits per heavy atom. The van der Waals surface area contributed by atoms with Crippen LogP contribution in [-0.2, 0) is 22.6 Å².